The van der Waals surface area contributed by atoms with Crippen molar-refractivity contribution in [2.45, 2.75) is 32.1 Å². The first-order valence-corrected chi connectivity index (χ1v) is 8.85. The van der Waals surface area contributed by atoms with E-state index in [1.165, 1.54) is 28.6 Å². The molecule has 0 radical (unpaired) electrons. The van der Waals surface area contributed by atoms with Crippen LogP contribution in [0.25, 0.3) is 10.1 Å². The van der Waals surface area contributed by atoms with Crippen molar-refractivity contribution < 1.29 is 9.47 Å². The summed E-state index contributed by atoms with van der Waals surface area (Å²) < 4.78 is 17.7. The summed E-state index contributed by atoms with van der Waals surface area (Å²) in [5, 5.41) is 1.30. The number of fused-ring (bicyclic) bond motifs is 1. The first-order valence-electron chi connectivity index (χ1n) is 8.08. The van der Waals surface area contributed by atoms with Crippen molar-refractivity contribution >= 4 is 21.6 Å². The maximum Gasteiger partial charge on any atom is 0.169 e. The molecule has 118 valence electrons. The summed E-state index contributed by atoms with van der Waals surface area (Å²) in [6.45, 7) is 6.65. The second kappa shape index (κ2) is 5.89. The Kier molecular flexibility index (Phi) is 3.90. The molecule has 2 aliphatic rings. The Labute approximate surface area is 135 Å². The first kappa shape index (κ1) is 14.6. The fraction of sp³-hybridized carbons (Fsp3) is 0.588. The minimum Gasteiger partial charge on any atom is -0.347 e. The SMILES string of the molecule is CC1(C2CCCN(Cc3nsc4ccccc34)C2)OCCO1. The zero-order valence-electron chi connectivity index (χ0n) is 13.0. The predicted molar refractivity (Wildman–Crippen MR) is 87.9 cm³/mol. The Morgan fingerprint density at radius 2 is 2.14 bits per heavy atom. The number of likely N-dealkylation sites (tertiary alicyclic amines) is 1. The number of nitrogens with zero attached hydrogens (tertiary/aromatic N) is 2. The van der Waals surface area contributed by atoms with Gasteiger partial charge < -0.3 is 9.47 Å². The van der Waals surface area contributed by atoms with Gasteiger partial charge in [0, 0.05) is 24.4 Å². The molecule has 2 aliphatic heterocycles. The Bertz CT molecular complexity index is 651. The summed E-state index contributed by atoms with van der Waals surface area (Å²) in [5.74, 6) is 0.0664. The molecule has 4 nitrogen and oxygen atoms in total. The molecule has 0 N–H and O–H groups in total. The molecule has 2 saturated heterocycles. The van der Waals surface area contributed by atoms with Crippen molar-refractivity contribution in [3.63, 3.8) is 0 Å². The minimum atomic E-state index is -0.386. The Hall–Kier alpha value is -1.01. The second-order valence-electron chi connectivity index (χ2n) is 6.41. The molecule has 0 aliphatic carbocycles. The summed E-state index contributed by atoms with van der Waals surface area (Å²) in [5.41, 5.74) is 1.21. The molecule has 0 spiro atoms. The minimum absolute atomic E-state index is 0.386. The molecule has 2 aromatic rings. The van der Waals surface area contributed by atoms with E-state index in [2.05, 4.69) is 40.5 Å². The monoisotopic (exact) mass is 318 g/mol. The van der Waals surface area contributed by atoms with E-state index in [9.17, 15) is 0 Å². The van der Waals surface area contributed by atoms with Gasteiger partial charge >= 0.3 is 0 Å². The average Bonchev–Trinajstić information content (AvgIpc) is 3.16. The molecular formula is C17H22N2O2S. The van der Waals surface area contributed by atoms with Gasteiger partial charge in [0.2, 0.25) is 0 Å². The fourth-order valence-electron chi connectivity index (χ4n) is 3.66. The van der Waals surface area contributed by atoms with Crippen LogP contribution in [0.5, 0.6) is 0 Å². The molecule has 4 rings (SSSR count). The Morgan fingerprint density at radius 3 is 3.00 bits per heavy atom. The number of ether oxygens (including phenoxy) is 2. The van der Waals surface area contributed by atoms with Crippen LogP contribution < -0.4 is 0 Å². The Morgan fingerprint density at radius 1 is 1.32 bits per heavy atom. The van der Waals surface area contributed by atoms with Crippen LogP contribution in [-0.4, -0.2) is 41.4 Å². The van der Waals surface area contributed by atoms with E-state index in [1.54, 1.807) is 11.5 Å². The third kappa shape index (κ3) is 2.67. The lowest BCUT2D eigenvalue weighted by molar-refractivity contribution is -0.192. The van der Waals surface area contributed by atoms with E-state index in [0.717, 1.165) is 32.8 Å². The van der Waals surface area contributed by atoms with Crippen LogP contribution in [0.15, 0.2) is 24.3 Å². The van der Waals surface area contributed by atoms with Crippen molar-refractivity contribution in [2.75, 3.05) is 26.3 Å². The van der Waals surface area contributed by atoms with Crippen molar-refractivity contribution in [1.29, 1.82) is 0 Å². The van der Waals surface area contributed by atoms with Gasteiger partial charge in [0.25, 0.3) is 0 Å². The number of benzene rings is 1. The molecular weight excluding hydrogens is 296 g/mol. The van der Waals surface area contributed by atoms with E-state index in [0.29, 0.717) is 5.92 Å². The summed E-state index contributed by atoms with van der Waals surface area (Å²) in [4.78, 5) is 2.51. The van der Waals surface area contributed by atoms with Gasteiger partial charge in [-0.3, -0.25) is 4.90 Å². The quantitative estimate of drug-likeness (QED) is 0.870. The third-order valence-corrected chi connectivity index (χ3v) is 5.80. The fourth-order valence-corrected chi connectivity index (χ4v) is 4.45. The van der Waals surface area contributed by atoms with Crippen LogP contribution in [0.4, 0.5) is 0 Å². The number of aromatic nitrogens is 1. The second-order valence-corrected chi connectivity index (χ2v) is 7.22. The van der Waals surface area contributed by atoms with Crippen LogP contribution in [0.1, 0.15) is 25.5 Å². The molecule has 22 heavy (non-hydrogen) atoms. The molecule has 1 aromatic heterocycles. The van der Waals surface area contributed by atoms with E-state index < -0.39 is 0 Å². The predicted octanol–water partition coefficient (Wildman–Crippen LogP) is 3.27. The topological polar surface area (TPSA) is 34.6 Å². The highest BCUT2D eigenvalue weighted by molar-refractivity contribution is 7.13. The highest BCUT2D eigenvalue weighted by atomic mass is 32.1. The molecule has 0 saturated carbocycles. The van der Waals surface area contributed by atoms with Crippen molar-refractivity contribution in [3.05, 3.63) is 30.0 Å². The molecule has 5 heteroatoms. The Balaban J connectivity index is 1.48. The van der Waals surface area contributed by atoms with Crippen molar-refractivity contribution in [1.82, 2.24) is 9.27 Å². The molecule has 1 unspecified atom stereocenters. The van der Waals surface area contributed by atoms with Crippen molar-refractivity contribution in [3.8, 4) is 0 Å². The lowest BCUT2D eigenvalue weighted by atomic mass is 9.90. The lowest BCUT2D eigenvalue weighted by Crippen LogP contribution is -2.46. The molecule has 0 bridgehead atoms. The number of hydrogen-bond acceptors (Lipinski definition) is 5. The van der Waals surface area contributed by atoms with Crippen LogP contribution in [0.2, 0.25) is 0 Å². The standard InChI is InChI=1S/C17H22N2O2S/c1-17(20-9-10-21-17)13-5-4-8-19(11-13)12-15-14-6-2-3-7-16(14)22-18-15/h2-3,6-7,13H,4-5,8-12H2,1H3. The number of hydrogen-bond donors (Lipinski definition) is 0. The summed E-state index contributed by atoms with van der Waals surface area (Å²) in [7, 11) is 0. The smallest absolute Gasteiger partial charge is 0.169 e. The van der Waals surface area contributed by atoms with Gasteiger partial charge in [-0.2, -0.15) is 4.37 Å². The number of rotatable bonds is 3. The van der Waals surface area contributed by atoms with Gasteiger partial charge in [0.05, 0.1) is 23.6 Å². The van der Waals surface area contributed by atoms with Crippen molar-refractivity contribution in [2.24, 2.45) is 5.92 Å². The summed E-state index contributed by atoms with van der Waals surface area (Å²) in [6.07, 6.45) is 2.39. The molecule has 3 heterocycles. The van der Waals surface area contributed by atoms with Gasteiger partial charge in [0.1, 0.15) is 0 Å². The van der Waals surface area contributed by atoms with E-state index >= 15 is 0 Å². The highest BCUT2D eigenvalue weighted by Crippen LogP contribution is 2.35. The van der Waals surface area contributed by atoms with Gasteiger partial charge in [-0.15, -0.1) is 0 Å². The zero-order valence-corrected chi connectivity index (χ0v) is 13.8. The van der Waals surface area contributed by atoms with Crippen LogP contribution in [0, 0.1) is 5.92 Å². The highest BCUT2D eigenvalue weighted by Gasteiger charge is 2.41. The first-order chi connectivity index (χ1) is 10.7. The van der Waals surface area contributed by atoms with Gasteiger partial charge in [-0.05, 0) is 43.9 Å². The van der Waals surface area contributed by atoms with Crippen LogP contribution in [0.3, 0.4) is 0 Å². The maximum atomic E-state index is 5.87. The summed E-state index contributed by atoms with van der Waals surface area (Å²) in [6, 6.07) is 8.51. The normalized spacial score (nSPS) is 25.8. The molecule has 2 fully saturated rings. The van der Waals surface area contributed by atoms with Gasteiger partial charge in [-0.1, -0.05) is 18.2 Å². The van der Waals surface area contributed by atoms with Gasteiger partial charge in [-0.25, -0.2) is 0 Å². The third-order valence-electron chi connectivity index (χ3n) is 4.93. The van der Waals surface area contributed by atoms with Crippen LogP contribution >= 0.6 is 11.5 Å². The van der Waals surface area contributed by atoms with E-state index in [4.69, 9.17) is 9.47 Å². The molecule has 1 atom stereocenters. The zero-order chi connectivity index (χ0) is 15.0. The molecule has 0 amide bonds. The molecule has 1 aromatic carbocycles. The number of piperidine rings is 1. The average molecular weight is 318 g/mol. The lowest BCUT2D eigenvalue weighted by Gasteiger charge is -2.39. The van der Waals surface area contributed by atoms with Crippen LogP contribution in [-0.2, 0) is 16.0 Å². The largest absolute Gasteiger partial charge is 0.347 e. The maximum absolute atomic E-state index is 5.87. The van der Waals surface area contributed by atoms with E-state index in [1.807, 2.05) is 0 Å². The summed E-state index contributed by atoms with van der Waals surface area (Å²) >= 11 is 1.60. The van der Waals surface area contributed by atoms with E-state index in [-0.39, 0.29) is 5.79 Å². The van der Waals surface area contributed by atoms with Gasteiger partial charge in [0.15, 0.2) is 5.79 Å².